The van der Waals surface area contributed by atoms with Crippen molar-refractivity contribution < 1.29 is 0 Å². The summed E-state index contributed by atoms with van der Waals surface area (Å²) in [5.41, 5.74) is 3.11. The maximum atomic E-state index is 4.65. The quantitative estimate of drug-likeness (QED) is 0.543. The Labute approximate surface area is 153 Å². The summed E-state index contributed by atoms with van der Waals surface area (Å²) in [4.78, 5) is 13.4. The summed E-state index contributed by atoms with van der Waals surface area (Å²) in [6.07, 6.45) is 3.54. The highest BCUT2D eigenvalue weighted by Crippen LogP contribution is 2.22. The Kier molecular flexibility index (Phi) is 4.19. The Balaban J connectivity index is 1.66. The molecule has 2 aromatic heterocycles. The molecule has 0 spiro atoms. The minimum atomic E-state index is 0.116. The molecule has 25 heavy (non-hydrogen) atoms. The van der Waals surface area contributed by atoms with Crippen molar-refractivity contribution in [2.24, 2.45) is 0 Å². The van der Waals surface area contributed by atoms with Gasteiger partial charge in [0.1, 0.15) is 12.1 Å². The average molecular weight is 394 g/mol. The van der Waals surface area contributed by atoms with Crippen molar-refractivity contribution in [2.45, 2.75) is 13.0 Å². The van der Waals surface area contributed by atoms with Crippen LogP contribution in [-0.2, 0) is 0 Å². The van der Waals surface area contributed by atoms with E-state index in [1.54, 1.807) is 12.5 Å². The van der Waals surface area contributed by atoms with Crippen LogP contribution in [0.15, 0.2) is 71.6 Å². The largest absolute Gasteiger partial charge is 0.348 e. The maximum absolute atomic E-state index is 4.65. The molecule has 2 aromatic carbocycles. The number of aromatic nitrogens is 4. The molecule has 124 valence electrons. The summed E-state index contributed by atoms with van der Waals surface area (Å²) in [6, 6.07) is 18.2. The smallest absolute Gasteiger partial charge is 0.225 e. The molecule has 1 atom stereocenters. The molecule has 0 fully saturated rings. The van der Waals surface area contributed by atoms with Gasteiger partial charge >= 0.3 is 0 Å². The zero-order valence-corrected chi connectivity index (χ0v) is 15.2. The third-order valence-corrected chi connectivity index (χ3v) is 4.54. The lowest BCUT2D eigenvalue weighted by Crippen LogP contribution is -2.10. The van der Waals surface area contributed by atoms with Gasteiger partial charge in [-0.15, -0.1) is 0 Å². The van der Waals surface area contributed by atoms with Gasteiger partial charge in [-0.2, -0.15) is 4.98 Å². The van der Waals surface area contributed by atoms with E-state index in [1.807, 2.05) is 47.0 Å². The van der Waals surface area contributed by atoms with Crippen LogP contribution in [0.3, 0.4) is 0 Å². The number of halogens is 1. The lowest BCUT2D eigenvalue weighted by Gasteiger charge is -2.14. The van der Waals surface area contributed by atoms with Gasteiger partial charge in [0.15, 0.2) is 0 Å². The van der Waals surface area contributed by atoms with E-state index in [0.29, 0.717) is 5.95 Å². The van der Waals surface area contributed by atoms with E-state index in [1.165, 1.54) is 5.56 Å². The highest BCUT2D eigenvalue weighted by molar-refractivity contribution is 9.10. The van der Waals surface area contributed by atoms with E-state index in [0.717, 1.165) is 21.3 Å². The Bertz CT molecular complexity index is 1010. The lowest BCUT2D eigenvalue weighted by molar-refractivity contribution is 0.854. The van der Waals surface area contributed by atoms with Gasteiger partial charge in [-0.3, -0.25) is 4.57 Å². The van der Waals surface area contributed by atoms with Crippen LogP contribution in [0.25, 0.3) is 16.9 Å². The third kappa shape index (κ3) is 3.25. The first-order chi connectivity index (χ1) is 12.2. The predicted molar refractivity (Wildman–Crippen MR) is 103 cm³/mol. The molecule has 0 bridgehead atoms. The van der Waals surface area contributed by atoms with Crippen LogP contribution >= 0.6 is 15.9 Å². The van der Waals surface area contributed by atoms with Crippen LogP contribution in [-0.4, -0.2) is 19.5 Å². The summed E-state index contributed by atoms with van der Waals surface area (Å²) >= 11 is 3.51. The summed E-state index contributed by atoms with van der Waals surface area (Å²) in [5.74, 6) is 1.36. The van der Waals surface area contributed by atoms with Crippen LogP contribution in [0.2, 0.25) is 0 Å². The lowest BCUT2D eigenvalue weighted by atomic mass is 10.1. The second kappa shape index (κ2) is 6.64. The summed E-state index contributed by atoms with van der Waals surface area (Å²) in [5, 5.41) is 3.35. The van der Waals surface area contributed by atoms with Crippen LogP contribution in [0.1, 0.15) is 18.5 Å². The minimum Gasteiger partial charge on any atom is -0.348 e. The van der Waals surface area contributed by atoms with Crippen molar-refractivity contribution in [1.29, 1.82) is 0 Å². The molecule has 4 aromatic rings. The Hall–Kier alpha value is -2.73. The van der Waals surface area contributed by atoms with Gasteiger partial charge in [0.05, 0.1) is 17.1 Å². The van der Waals surface area contributed by atoms with Crippen molar-refractivity contribution >= 4 is 32.9 Å². The Morgan fingerprint density at radius 3 is 2.72 bits per heavy atom. The minimum absolute atomic E-state index is 0.116. The molecule has 0 aliphatic heterocycles. The van der Waals surface area contributed by atoms with Crippen LogP contribution in [0.4, 0.5) is 5.95 Å². The molecule has 5 nitrogen and oxygen atoms in total. The number of imidazole rings is 1. The number of hydrogen-bond donors (Lipinski definition) is 1. The predicted octanol–water partition coefficient (Wildman–Crippen LogP) is 4.75. The topological polar surface area (TPSA) is 55.6 Å². The van der Waals surface area contributed by atoms with E-state index in [-0.39, 0.29) is 6.04 Å². The van der Waals surface area contributed by atoms with Crippen molar-refractivity contribution in [2.75, 3.05) is 5.32 Å². The molecular formula is C19H16BrN5. The van der Waals surface area contributed by atoms with Crippen LogP contribution < -0.4 is 5.32 Å². The molecule has 6 heteroatoms. The van der Waals surface area contributed by atoms with Gasteiger partial charge in [0, 0.05) is 10.7 Å². The summed E-state index contributed by atoms with van der Waals surface area (Å²) in [7, 11) is 0. The maximum Gasteiger partial charge on any atom is 0.225 e. The molecule has 0 unspecified atom stereocenters. The molecule has 1 N–H and O–H groups in total. The first kappa shape index (κ1) is 15.8. The molecule has 0 radical (unpaired) electrons. The molecule has 4 rings (SSSR count). The van der Waals surface area contributed by atoms with Crippen LogP contribution in [0.5, 0.6) is 0 Å². The number of nitrogens with zero attached hydrogens (tertiary/aromatic N) is 4. The molecule has 0 saturated carbocycles. The average Bonchev–Trinajstić information content (AvgIpc) is 3.05. The van der Waals surface area contributed by atoms with Gasteiger partial charge < -0.3 is 5.32 Å². The van der Waals surface area contributed by atoms with Crippen LogP contribution in [0, 0.1) is 0 Å². The third-order valence-electron chi connectivity index (χ3n) is 4.04. The standard InChI is InChI=1S/C19H16BrN5/c1-13(14-5-3-2-4-6-14)23-19-21-10-9-18(24-19)25-12-22-16-8-7-15(20)11-17(16)25/h2-13H,1H3,(H,21,23,24)/t13-/m0/s1. The normalized spacial score (nSPS) is 12.2. The second-order valence-electron chi connectivity index (χ2n) is 5.76. The number of anilines is 1. The van der Waals surface area contributed by atoms with E-state index in [9.17, 15) is 0 Å². The van der Waals surface area contributed by atoms with E-state index in [4.69, 9.17) is 0 Å². The van der Waals surface area contributed by atoms with Gasteiger partial charge in [0.2, 0.25) is 5.95 Å². The molecule has 0 amide bonds. The number of fused-ring (bicyclic) bond motifs is 1. The number of hydrogen-bond acceptors (Lipinski definition) is 4. The molecule has 0 aliphatic carbocycles. The Morgan fingerprint density at radius 2 is 1.88 bits per heavy atom. The van der Waals surface area contributed by atoms with E-state index in [2.05, 4.69) is 55.3 Å². The van der Waals surface area contributed by atoms with Gasteiger partial charge in [-0.1, -0.05) is 46.3 Å². The Morgan fingerprint density at radius 1 is 1.04 bits per heavy atom. The fourth-order valence-corrected chi connectivity index (χ4v) is 3.08. The highest BCUT2D eigenvalue weighted by Gasteiger charge is 2.10. The number of nitrogens with one attached hydrogen (secondary N) is 1. The fraction of sp³-hybridized carbons (Fsp3) is 0.105. The summed E-state index contributed by atoms with van der Waals surface area (Å²) in [6.45, 7) is 2.09. The van der Waals surface area contributed by atoms with Crippen molar-refractivity contribution in [1.82, 2.24) is 19.5 Å². The monoisotopic (exact) mass is 393 g/mol. The fourth-order valence-electron chi connectivity index (χ4n) is 2.73. The highest BCUT2D eigenvalue weighted by atomic mass is 79.9. The molecule has 0 aliphatic rings. The number of rotatable bonds is 4. The summed E-state index contributed by atoms with van der Waals surface area (Å²) < 4.78 is 2.96. The van der Waals surface area contributed by atoms with E-state index < -0.39 is 0 Å². The second-order valence-corrected chi connectivity index (χ2v) is 6.68. The first-order valence-electron chi connectivity index (χ1n) is 7.98. The van der Waals surface area contributed by atoms with E-state index >= 15 is 0 Å². The van der Waals surface area contributed by atoms with Crippen molar-refractivity contribution in [3.63, 3.8) is 0 Å². The van der Waals surface area contributed by atoms with Gasteiger partial charge in [0.25, 0.3) is 0 Å². The van der Waals surface area contributed by atoms with Gasteiger partial charge in [-0.25, -0.2) is 9.97 Å². The number of benzene rings is 2. The zero-order chi connectivity index (χ0) is 17.2. The molecular weight excluding hydrogens is 378 g/mol. The van der Waals surface area contributed by atoms with Crippen molar-refractivity contribution in [3.05, 3.63) is 77.2 Å². The molecule has 0 saturated heterocycles. The van der Waals surface area contributed by atoms with Crippen molar-refractivity contribution in [3.8, 4) is 5.82 Å². The molecule has 2 heterocycles. The van der Waals surface area contributed by atoms with Gasteiger partial charge in [-0.05, 0) is 36.8 Å². The zero-order valence-electron chi connectivity index (χ0n) is 13.6. The first-order valence-corrected chi connectivity index (χ1v) is 8.77. The SMILES string of the molecule is C[C@H](Nc1nccc(-n2cnc3ccc(Br)cc32)n1)c1ccccc1.